The van der Waals surface area contributed by atoms with E-state index in [0.717, 1.165) is 0 Å². The van der Waals surface area contributed by atoms with Crippen LogP contribution in [0.4, 0.5) is 0 Å². The smallest absolute Gasteiger partial charge is 0.246 e. The third kappa shape index (κ3) is 3.85. The van der Waals surface area contributed by atoms with Crippen molar-refractivity contribution in [3.05, 3.63) is 22.7 Å². The van der Waals surface area contributed by atoms with E-state index in [2.05, 4.69) is 15.9 Å². The lowest BCUT2D eigenvalue weighted by Gasteiger charge is -2.22. The zero-order valence-corrected chi connectivity index (χ0v) is 15.1. The maximum atomic E-state index is 12.9. The van der Waals surface area contributed by atoms with Gasteiger partial charge in [-0.2, -0.15) is 4.31 Å². The van der Waals surface area contributed by atoms with E-state index < -0.39 is 20.8 Å². The Morgan fingerprint density at radius 2 is 2.14 bits per heavy atom. The van der Waals surface area contributed by atoms with E-state index in [0.29, 0.717) is 28.3 Å². The summed E-state index contributed by atoms with van der Waals surface area (Å²) in [6.07, 6.45) is 0. The topological polar surface area (TPSA) is 63.7 Å². The van der Waals surface area contributed by atoms with Gasteiger partial charge in [0, 0.05) is 39.9 Å². The van der Waals surface area contributed by atoms with Gasteiger partial charge in [0.2, 0.25) is 10.0 Å². The average Bonchev–Trinajstić information content (AvgIpc) is 2.59. The highest BCUT2D eigenvalue weighted by Crippen LogP contribution is 2.30. The SMILES string of the molecule is COc1ccc(Br)cc1S(=O)(=O)N1CC[S@@](=O)C[C@@H](C)C1. The maximum absolute atomic E-state index is 12.9. The molecule has 2 atom stereocenters. The van der Waals surface area contributed by atoms with Gasteiger partial charge in [-0.1, -0.05) is 22.9 Å². The Hall–Kier alpha value is -0.440. The van der Waals surface area contributed by atoms with E-state index >= 15 is 0 Å². The summed E-state index contributed by atoms with van der Waals surface area (Å²) in [5, 5.41) is 0. The number of rotatable bonds is 3. The first-order chi connectivity index (χ1) is 9.84. The molecule has 0 spiro atoms. The normalized spacial score (nSPS) is 24.5. The van der Waals surface area contributed by atoms with Crippen LogP contribution in [0.3, 0.4) is 0 Å². The average molecular weight is 396 g/mol. The summed E-state index contributed by atoms with van der Waals surface area (Å²) in [7, 11) is -3.17. The first-order valence-corrected chi connectivity index (χ1v) is 10.3. The molecule has 2 rings (SSSR count). The number of benzene rings is 1. The summed E-state index contributed by atoms with van der Waals surface area (Å²) >= 11 is 3.29. The number of ether oxygens (including phenoxy) is 1. The molecular formula is C13H18BrNO4S2. The van der Waals surface area contributed by atoms with Gasteiger partial charge in [-0.25, -0.2) is 8.42 Å². The summed E-state index contributed by atoms with van der Waals surface area (Å²) < 4.78 is 44.7. The van der Waals surface area contributed by atoms with Crippen molar-refractivity contribution in [1.82, 2.24) is 4.31 Å². The van der Waals surface area contributed by atoms with Crippen molar-refractivity contribution in [2.24, 2.45) is 5.92 Å². The van der Waals surface area contributed by atoms with Crippen molar-refractivity contribution in [1.29, 1.82) is 0 Å². The molecule has 0 N–H and O–H groups in total. The van der Waals surface area contributed by atoms with Gasteiger partial charge in [-0.3, -0.25) is 4.21 Å². The van der Waals surface area contributed by atoms with Crippen molar-refractivity contribution in [3.63, 3.8) is 0 Å². The highest BCUT2D eigenvalue weighted by Gasteiger charge is 2.31. The van der Waals surface area contributed by atoms with Crippen molar-refractivity contribution < 1.29 is 17.4 Å². The summed E-state index contributed by atoms with van der Waals surface area (Å²) in [6.45, 7) is 2.57. The molecule has 0 aliphatic carbocycles. The minimum Gasteiger partial charge on any atom is -0.495 e. The van der Waals surface area contributed by atoms with Gasteiger partial charge < -0.3 is 4.74 Å². The molecule has 118 valence electrons. The highest BCUT2D eigenvalue weighted by molar-refractivity contribution is 9.10. The van der Waals surface area contributed by atoms with Crippen LogP contribution in [0.2, 0.25) is 0 Å². The number of hydrogen-bond acceptors (Lipinski definition) is 4. The van der Waals surface area contributed by atoms with E-state index in [9.17, 15) is 12.6 Å². The van der Waals surface area contributed by atoms with Crippen LogP contribution < -0.4 is 4.74 Å². The van der Waals surface area contributed by atoms with E-state index in [4.69, 9.17) is 4.74 Å². The van der Waals surface area contributed by atoms with Gasteiger partial charge in [0.1, 0.15) is 10.6 Å². The van der Waals surface area contributed by atoms with Crippen molar-refractivity contribution in [2.75, 3.05) is 31.7 Å². The molecule has 0 radical (unpaired) electrons. The van der Waals surface area contributed by atoms with Gasteiger partial charge in [0.05, 0.1) is 7.11 Å². The molecule has 5 nitrogen and oxygen atoms in total. The molecule has 1 aliphatic heterocycles. The van der Waals surface area contributed by atoms with Crippen LogP contribution in [0, 0.1) is 5.92 Å². The van der Waals surface area contributed by atoms with Gasteiger partial charge in [-0.15, -0.1) is 0 Å². The minimum atomic E-state index is -3.66. The minimum absolute atomic E-state index is 0.0706. The summed E-state index contributed by atoms with van der Waals surface area (Å²) in [6, 6.07) is 4.90. The van der Waals surface area contributed by atoms with Crippen LogP contribution in [-0.4, -0.2) is 48.6 Å². The molecule has 1 aromatic rings. The van der Waals surface area contributed by atoms with E-state index in [1.54, 1.807) is 18.2 Å². The fourth-order valence-corrected chi connectivity index (χ4v) is 6.01. The Labute approximate surface area is 136 Å². The second-order valence-electron chi connectivity index (χ2n) is 5.07. The van der Waals surface area contributed by atoms with Crippen LogP contribution in [0.25, 0.3) is 0 Å². The third-order valence-electron chi connectivity index (χ3n) is 3.30. The van der Waals surface area contributed by atoms with Gasteiger partial charge in [-0.05, 0) is 24.1 Å². The second kappa shape index (κ2) is 6.76. The predicted molar refractivity (Wildman–Crippen MR) is 86.5 cm³/mol. The Morgan fingerprint density at radius 3 is 2.81 bits per heavy atom. The molecule has 21 heavy (non-hydrogen) atoms. The molecule has 0 amide bonds. The first kappa shape index (κ1) is 16.9. The third-order valence-corrected chi connectivity index (χ3v) is 7.26. The first-order valence-electron chi connectivity index (χ1n) is 6.53. The molecule has 1 saturated heterocycles. The molecule has 0 unspecified atom stereocenters. The van der Waals surface area contributed by atoms with Crippen LogP contribution in [-0.2, 0) is 20.8 Å². The quantitative estimate of drug-likeness (QED) is 0.783. The zero-order chi connectivity index (χ0) is 15.6. The Kier molecular flexibility index (Phi) is 5.45. The second-order valence-corrected chi connectivity index (χ2v) is 9.52. The van der Waals surface area contributed by atoms with E-state index in [-0.39, 0.29) is 17.4 Å². The fraction of sp³-hybridized carbons (Fsp3) is 0.538. The molecule has 8 heteroatoms. The monoisotopic (exact) mass is 395 g/mol. The van der Waals surface area contributed by atoms with Crippen molar-refractivity contribution in [2.45, 2.75) is 11.8 Å². The number of nitrogens with zero attached hydrogens (tertiary/aromatic N) is 1. The lowest BCUT2D eigenvalue weighted by molar-refractivity contribution is 0.379. The Balaban J connectivity index is 2.41. The summed E-state index contributed by atoms with van der Waals surface area (Å²) in [4.78, 5) is 0.138. The van der Waals surface area contributed by atoms with Gasteiger partial charge in [0.15, 0.2) is 0 Å². The predicted octanol–water partition coefficient (Wildman–Crippen LogP) is 1.85. The number of methoxy groups -OCH3 is 1. The van der Waals surface area contributed by atoms with E-state index in [1.807, 2.05) is 6.92 Å². The van der Waals surface area contributed by atoms with Crippen LogP contribution in [0.15, 0.2) is 27.6 Å². The van der Waals surface area contributed by atoms with Crippen LogP contribution in [0.5, 0.6) is 5.75 Å². The summed E-state index contributed by atoms with van der Waals surface area (Å²) in [5.41, 5.74) is 0. The molecule has 0 bridgehead atoms. The molecule has 0 aromatic heterocycles. The van der Waals surface area contributed by atoms with E-state index in [1.165, 1.54) is 11.4 Å². The maximum Gasteiger partial charge on any atom is 0.246 e. The zero-order valence-electron chi connectivity index (χ0n) is 11.9. The number of sulfonamides is 1. The Morgan fingerprint density at radius 1 is 1.43 bits per heavy atom. The molecule has 0 saturated carbocycles. The van der Waals surface area contributed by atoms with Gasteiger partial charge >= 0.3 is 0 Å². The molecule has 1 fully saturated rings. The van der Waals surface area contributed by atoms with Gasteiger partial charge in [0.25, 0.3) is 0 Å². The standard InChI is InChI=1S/C13H18BrNO4S2/c1-10-8-15(5-6-20(16)9-10)21(17,18)13-7-11(14)3-4-12(13)19-2/h3-4,7,10H,5-6,8-9H2,1-2H3/t10-,20+/m0/s1. The lowest BCUT2D eigenvalue weighted by atomic mass is 10.2. The fourth-order valence-electron chi connectivity index (χ4n) is 2.31. The largest absolute Gasteiger partial charge is 0.495 e. The lowest BCUT2D eigenvalue weighted by Crippen LogP contribution is -2.35. The molecule has 1 aromatic carbocycles. The molecule has 1 heterocycles. The van der Waals surface area contributed by atoms with Crippen molar-refractivity contribution in [3.8, 4) is 5.75 Å². The van der Waals surface area contributed by atoms with Crippen LogP contribution >= 0.6 is 15.9 Å². The number of hydrogen-bond donors (Lipinski definition) is 0. The molecule has 1 aliphatic rings. The summed E-state index contributed by atoms with van der Waals surface area (Å²) in [5.74, 6) is 1.30. The number of halogens is 1. The van der Waals surface area contributed by atoms with Crippen LogP contribution in [0.1, 0.15) is 6.92 Å². The highest BCUT2D eigenvalue weighted by atomic mass is 79.9. The molecular weight excluding hydrogens is 378 g/mol. The Bertz CT molecular complexity index is 648. The van der Waals surface area contributed by atoms with Crippen molar-refractivity contribution >= 4 is 36.8 Å².